The van der Waals surface area contributed by atoms with E-state index in [1.165, 1.54) is 25.5 Å². The van der Waals surface area contributed by atoms with Gasteiger partial charge in [0.1, 0.15) is 6.61 Å². The first-order chi connectivity index (χ1) is 15.5. The predicted molar refractivity (Wildman–Crippen MR) is 124 cm³/mol. The number of rotatable bonds is 9. The molecule has 3 aromatic carbocycles. The SMILES string of the molecule is COc1cc(C=NNC(=O)Cc2ccccc2[N+](=O)[O-])cc(Br)c1OCc1ccccc1. The van der Waals surface area contributed by atoms with Crippen molar-refractivity contribution in [3.8, 4) is 11.5 Å². The maximum atomic E-state index is 12.1. The number of amides is 1. The molecule has 164 valence electrons. The molecular formula is C23H20BrN3O5. The van der Waals surface area contributed by atoms with E-state index in [0.29, 0.717) is 33.7 Å². The van der Waals surface area contributed by atoms with Crippen molar-refractivity contribution in [2.45, 2.75) is 13.0 Å². The Morgan fingerprint density at radius 1 is 1.16 bits per heavy atom. The molecule has 0 unspecified atom stereocenters. The van der Waals surface area contributed by atoms with Crippen LogP contribution in [0.2, 0.25) is 0 Å². The summed E-state index contributed by atoms with van der Waals surface area (Å²) in [5.41, 5.74) is 4.27. The lowest BCUT2D eigenvalue weighted by molar-refractivity contribution is -0.385. The zero-order valence-corrected chi connectivity index (χ0v) is 18.7. The number of carbonyl (C=O) groups is 1. The molecule has 1 N–H and O–H groups in total. The highest BCUT2D eigenvalue weighted by Crippen LogP contribution is 2.36. The van der Waals surface area contributed by atoms with E-state index < -0.39 is 10.8 Å². The van der Waals surface area contributed by atoms with Gasteiger partial charge in [0.2, 0.25) is 5.91 Å². The molecule has 0 spiro atoms. The standard InChI is InChI=1S/C23H20BrN3O5/c1-31-21-12-17(11-19(24)23(21)32-15-16-7-3-2-4-8-16)14-25-26-22(28)13-18-9-5-6-10-20(18)27(29)30/h2-12,14H,13,15H2,1H3,(H,26,28). The number of nitro groups is 1. The van der Waals surface area contributed by atoms with Crippen LogP contribution in [0.5, 0.6) is 11.5 Å². The average Bonchev–Trinajstić information content (AvgIpc) is 2.79. The van der Waals surface area contributed by atoms with Crippen molar-refractivity contribution in [1.82, 2.24) is 5.43 Å². The summed E-state index contributed by atoms with van der Waals surface area (Å²) in [5.74, 6) is 0.585. The van der Waals surface area contributed by atoms with Gasteiger partial charge in [-0.1, -0.05) is 48.5 Å². The summed E-state index contributed by atoms with van der Waals surface area (Å²) >= 11 is 3.48. The monoisotopic (exact) mass is 497 g/mol. The molecule has 0 bridgehead atoms. The number of nitrogens with zero attached hydrogens (tertiary/aromatic N) is 2. The lowest BCUT2D eigenvalue weighted by atomic mass is 10.1. The van der Waals surface area contributed by atoms with Crippen molar-refractivity contribution in [3.63, 3.8) is 0 Å². The molecule has 0 aliphatic carbocycles. The number of benzene rings is 3. The summed E-state index contributed by atoms with van der Waals surface area (Å²) in [6.45, 7) is 0.380. The quantitative estimate of drug-likeness (QED) is 0.263. The van der Waals surface area contributed by atoms with Gasteiger partial charge in [0.15, 0.2) is 11.5 Å². The Bertz CT molecular complexity index is 1140. The van der Waals surface area contributed by atoms with Gasteiger partial charge in [-0.15, -0.1) is 0 Å². The summed E-state index contributed by atoms with van der Waals surface area (Å²) in [7, 11) is 1.53. The van der Waals surface area contributed by atoms with Gasteiger partial charge < -0.3 is 9.47 Å². The first-order valence-electron chi connectivity index (χ1n) is 9.56. The van der Waals surface area contributed by atoms with Crippen LogP contribution < -0.4 is 14.9 Å². The Balaban J connectivity index is 1.65. The fourth-order valence-electron chi connectivity index (χ4n) is 2.91. The number of hydrogen-bond donors (Lipinski definition) is 1. The largest absolute Gasteiger partial charge is 0.493 e. The van der Waals surface area contributed by atoms with Gasteiger partial charge in [0.25, 0.3) is 5.69 Å². The van der Waals surface area contributed by atoms with Crippen LogP contribution in [0.4, 0.5) is 5.69 Å². The minimum atomic E-state index is -0.517. The molecule has 0 saturated carbocycles. The van der Waals surface area contributed by atoms with Crippen molar-refractivity contribution in [2.75, 3.05) is 7.11 Å². The lowest BCUT2D eigenvalue weighted by Crippen LogP contribution is -2.20. The molecule has 0 heterocycles. The van der Waals surface area contributed by atoms with E-state index in [4.69, 9.17) is 9.47 Å². The highest BCUT2D eigenvalue weighted by Gasteiger charge is 2.15. The highest BCUT2D eigenvalue weighted by atomic mass is 79.9. The number of hydrogen-bond acceptors (Lipinski definition) is 6. The van der Waals surface area contributed by atoms with Gasteiger partial charge >= 0.3 is 0 Å². The van der Waals surface area contributed by atoms with Gasteiger partial charge in [0.05, 0.1) is 29.1 Å². The van der Waals surface area contributed by atoms with Crippen LogP contribution >= 0.6 is 15.9 Å². The number of nitro benzene ring substituents is 1. The summed E-state index contributed by atoms with van der Waals surface area (Å²) in [6, 6.07) is 19.3. The molecule has 8 nitrogen and oxygen atoms in total. The predicted octanol–water partition coefficient (Wildman–Crippen LogP) is 4.64. The Hall–Kier alpha value is -3.72. The van der Waals surface area contributed by atoms with Crippen LogP contribution in [0.1, 0.15) is 16.7 Å². The molecule has 3 aromatic rings. The molecule has 0 aliphatic rings. The maximum Gasteiger partial charge on any atom is 0.273 e. The lowest BCUT2D eigenvalue weighted by Gasteiger charge is -2.13. The first kappa shape index (κ1) is 23.0. The molecule has 0 aliphatic heterocycles. The highest BCUT2D eigenvalue weighted by molar-refractivity contribution is 9.10. The second kappa shape index (κ2) is 11.1. The number of methoxy groups -OCH3 is 1. The molecule has 1 amide bonds. The first-order valence-corrected chi connectivity index (χ1v) is 10.4. The average molecular weight is 498 g/mol. The number of carbonyl (C=O) groups excluding carboxylic acids is 1. The van der Waals surface area contributed by atoms with Crippen LogP contribution in [0, 0.1) is 10.1 Å². The Morgan fingerprint density at radius 2 is 1.88 bits per heavy atom. The Morgan fingerprint density at radius 3 is 2.59 bits per heavy atom. The van der Waals surface area contributed by atoms with Crippen LogP contribution in [0.15, 0.2) is 76.3 Å². The molecule has 0 fully saturated rings. The van der Waals surface area contributed by atoms with Crippen LogP contribution in [0.25, 0.3) is 0 Å². The van der Waals surface area contributed by atoms with E-state index in [1.54, 1.807) is 24.3 Å². The minimum absolute atomic E-state index is 0.105. The summed E-state index contributed by atoms with van der Waals surface area (Å²) in [4.78, 5) is 22.7. The van der Waals surface area contributed by atoms with E-state index in [9.17, 15) is 14.9 Å². The van der Waals surface area contributed by atoms with Gasteiger partial charge in [-0.2, -0.15) is 5.10 Å². The zero-order valence-electron chi connectivity index (χ0n) is 17.2. The third-order valence-corrected chi connectivity index (χ3v) is 5.01. The molecule has 3 rings (SSSR count). The molecule has 0 radical (unpaired) electrons. The number of para-hydroxylation sites is 1. The molecule has 0 saturated heterocycles. The summed E-state index contributed by atoms with van der Waals surface area (Å²) < 4.78 is 12.0. The molecular weight excluding hydrogens is 478 g/mol. The van der Waals surface area contributed by atoms with E-state index in [-0.39, 0.29) is 12.1 Å². The number of ether oxygens (including phenoxy) is 2. The third-order valence-electron chi connectivity index (χ3n) is 4.42. The van der Waals surface area contributed by atoms with E-state index >= 15 is 0 Å². The van der Waals surface area contributed by atoms with Gasteiger partial charge in [0, 0.05) is 11.6 Å². The fraction of sp³-hybridized carbons (Fsp3) is 0.130. The number of nitrogens with one attached hydrogen (secondary N) is 1. The van der Waals surface area contributed by atoms with E-state index in [2.05, 4.69) is 26.5 Å². The van der Waals surface area contributed by atoms with Crippen molar-refractivity contribution in [3.05, 3.63) is 98.0 Å². The minimum Gasteiger partial charge on any atom is -0.493 e. The topological polar surface area (TPSA) is 103 Å². The zero-order chi connectivity index (χ0) is 22.9. The second-order valence-corrected chi connectivity index (χ2v) is 7.52. The molecule has 9 heteroatoms. The van der Waals surface area contributed by atoms with Crippen LogP contribution in [0.3, 0.4) is 0 Å². The fourth-order valence-corrected chi connectivity index (χ4v) is 3.49. The van der Waals surface area contributed by atoms with Crippen molar-refractivity contribution >= 4 is 33.7 Å². The number of halogens is 1. The van der Waals surface area contributed by atoms with Crippen molar-refractivity contribution in [2.24, 2.45) is 5.10 Å². The normalized spacial score (nSPS) is 10.7. The molecule has 0 aromatic heterocycles. The van der Waals surface area contributed by atoms with Crippen LogP contribution in [-0.4, -0.2) is 24.2 Å². The van der Waals surface area contributed by atoms with Gasteiger partial charge in [-0.05, 0) is 39.2 Å². The van der Waals surface area contributed by atoms with Gasteiger partial charge in [-0.3, -0.25) is 14.9 Å². The van der Waals surface area contributed by atoms with Gasteiger partial charge in [-0.25, -0.2) is 5.43 Å². The van der Waals surface area contributed by atoms with Crippen LogP contribution in [-0.2, 0) is 17.8 Å². The number of hydrazone groups is 1. The van der Waals surface area contributed by atoms with Crippen molar-refractivity contribution < 1.29 is 19.2 Å². The summed E-state index contributed by atoms with van der Waals surface area (Å²) in [6.07, 6.45) is 1.29. The molecule has 32 heavy (non-hydrogen) atoms. The Kier molecular flexibility index (Phi) is 7.93. The maximum absolute atomic E-state index is 12.1. The summed E-state index contributed by atoms with van der Waals surface area (Å²) in [5, 5.41) is 15.0. The second-order valence-electron chi connectivity index (χ2n) is 6.66. The van der Waals surface area contributed by atoms with E-state index in [1.807, 2.05) is 30.3 Å². The van der Waals surface area contributed by atoms with E-state index in [0.717, 1.165) is 5.56 Å². The molecule has 0 atom stereocenters. The van der Waals surface area contributed by atoms with Crippen molar-refractivity contribution in [1.29, 1.82) is 0 Å². The smallest absolute Gasteiger partial charge is 0.273 e. The Labute approximate surface area is 193 Å². The third kappa shape index (κ3) is 6.14.